The monoisotopic (exact) mass is 381 g/mol. The minimum absolute atomic E-state index is 0.0606. The molecule has 0 bridgehead atoms. The Bertz CT molecular complexity index is 962. The number of carboxylic acid groups (broad SMARTS) is 1. The third-order valence-electron chi connectivity index (χ3n) is 3.17. The molecule has 0 saturated heterocycles. The van der Waals surface area contributed by atoms with Gasteiger partial charge in [0.2, 0.25) is 5.95 Å². The van der Waals surface area contributed by atoms with E-state index < -0.39 is 32.5 Å². The van der Waals surface area contributed by atoms with Crippen LogP contribution in [0.4, 0.5) is 10.7 Å². The first kappa shape index (κ1) is 19.1. The van der Waals surface area contributed by atoms with Gasteiger partial charge in [0.05, 0.1) is 12.7 Å². The lowest BCUT2D eigenvalue weighted by molar-refractivity contribution is 0.0692. The number of nitrogens with zero attached hydrogens (tertiary/aromatic N) is 4. The van der Waals surface area contributed by atoms with E-state index in [1.165, 1.54) is 26.2 Å². The maximum atomic E-state index is 12.6. The van der Waals surface area contributed by atoms with Gasteiger partial charge in [0, 0.05) is 7.05 Å². The number of methoxy groups -OCH3 is 1. The number of hydrogen-bond donors (Lipinski definition) is 2. The molecule has 0 radical (unpaired) electrons. The summed E-state index contributed by atoms with van der Waals surface area (Å²) in [4.78, 5) is 34.5. The second kappa shape index (κ2) is 7.31. The van der Waals surface area contributed by atoms with E-state index in [2.05, 4.69) is 20.3 Å². The zero-order valence-electron chi connectivity index (χ0n) is 14.0. The van der Waals surface area contributed by atoms with Crippen LogP contribution in [-0.2, 0) is 10.0 Å². The quantitative estimate of drug-likeness (QED) is 0.763. The molecule has 1 heterocycles. The highest BCUT2D eigenvalue weighted by molar-refractivity contribution is 7.89. The standard InChI is InChI=1S/C14H15N5O6S/c1-8-15-12(17-13(16-8)25-3)18-14(22)19(2)26(23,24)10-7-5-4-6-9(10)11(20)21/h4-7H,1-3H3,(H,20,21)(H,15,16,17,18,22). The number of amides is 2. The van der Waals surface area contributed by atoms with Gasteiger partial charge in [0.15, 0.2) is 0 Å². The number of urea groups is 1. The number of aryl methyl sites for hydroxylation is 1. The van der Waals surface area contributed by atoms with Crippen molar-refractivity contribution in [1.29, 1.82) is 0 Å². The average Bonchev–Trinajstić information content (AvgIpc) is 2.60. The Morgan fingerprint density at radius 2 is 1.85 bits per heavy atom. The molecular weight excluding hydrogens is 366 g/mol. The van der Waals surface area contributed by atoms with Crippen LogP contribution in [-0.4, -0.2) is 58.9 Å². The molecule has 12 heteroatoms. The number of nitrogens with one attached hydrogen (secondary N) is 1. The van der Waals surface area contributed by atoms with Gasteiger partial charge in [-0.3, -0.25) is 5.32 Å². The second-order valence-corrected chi connectivity index (χ2v) is 6.83. The molecule has 0 spiro atoms. The van der Waals surface area contributed by atoms with Crippen molar-refractivity contribution in [2.45, 2.75) is 11.8 Å². The Labute approximate surface area is 148 Å². The highest BCUT2D eigenvalue weighted by Gasteiger charge is 2.30. The van der Waals surface area contributed by atoms with Gasteiger partial charge in [-0.05, 0) is 19.1 Å². The van der Waals surface area contributed by atoms with E-state index in [1.807, 2.05) is 0 Å². The van der Waals surface area contributed by atoms with Crippen LogP contribution in [0.1, 0.15) is 16.2 Å². The molecule has 26 heavy (non-hydrogen) atoms. The van der Waals surface area contributed by atoms with Crippen molar-refractivity contribution >= 4 is 28.0 Å². The second-order valence-electron chi connectivity index (χ2n) is 4.90. The number of anilines is 1. The summed E-state index contributed by atoms with van der Waals surface area (Å²) in [7, 11) is -2.12. The van der Waals surface area contributed by atoms with Crippen LogP contribution in [0.5, 0.6) is 6.01 Å². The van der Waals surface area contributed by atoms with Crippen molar-refractivity contribution in [2.24, 2.45) is 0 Å². The summed E-state index contributed by atoms with van der Waals surface area (Å²) in [5.41, 5.74) is -0.454. The number of carboxylic acids is 1. The van der Waals surface area contributed by atoms with Crippen molar-refractivity contribution in [3.63, 3.8) is 0 Å². The summed E-state index contributed by atoms with van der Waals surface area (Å²) >= 11 is 0. The van der Waals surface area contributed by atoms with Gasteiger partial charge in [0.1, 0.15) is 10.7 Å². The van der Waals surface area contributed by atoms with Crippen molar-refractivity contribution in [3.8, 4) is 6.01 Å². The number of carbonyl (C=O) groups is 2. The number of hydrogen-bond acceptors (Lipinski definition) is 8. The molecule has 2 aromatic rings. The first-order valence-corrected chi connectivity index (χ1v) is 8.49. The Morgan fingerprint density at radius 3 is 2.46 bits per heavy atom. The molecule has 0 atom stereocenters. The number of aromatic carboxylic acids is 1. The lowest BCUT2D eigenvalue weighted by Crippen LogP contribution is -2.37. The third kappa shape index (κ3) is 3.85. The molecule has 0 aliphatic heterocycles. The highest BCUT2D eigenvalue weighted by atomic mass is 32.2. The number of benzene rings is 1. The van der Waals surface area contributed by atoms with Crippen LogP contribution >= 0.6 is 0 Å². The topological polar surface area (TPSA) is 152 Å². The Balaban J connectivity index is 2.33. The minimum atomic E-state index is -4.42. The average molecular weight is 381 g/mol. The summed E-state index contributed by atoms with van der Waals surface area (Å²) in [5.74, 6) is -1.40. The Hall–Kier alpha value is -3.28. The predicted octanol–water partition coefficient (Wildman–Crippen LogP) is 0.739. The summed E-state index contributed by atoms with van der Waals surface area (Å²) in [6.45, 7) is 1.53. The molecule has 0 aliphatic rings. The highest BCUT2D eigenvalue weighted by Crippen LogP contribution is 2.20. The van der Waals surface area contributed by atoms with Crippen LogP contribution in [0.15, 0.2) is 29.2 Å². The SMILES string of the molecule is COc1nc(C)nc(NC(=O)N(C)S(=O)(=O)c2ccccc2C(=O)O)n1. The van der Waals surface area contributed by atoms with Crippen molar-refractivity contribution in [3.05, 3.63) is 35.7 Å². The van der Waals surface area contributed by atoms with Crippen molar-refractivity contribution < 1.29 is 27.9 Å². The van der Waals surface area contributed by atoms with Gasteiger partial charge in [-0.25, -0.2) is 22.3 Å². The van der Waals surface area contributed by atoms with E-state index in [1.54, 1.807) is 0 Å². The fourth-order valence-corrected chi connectivity index (χ4v) is 3.15. The number of sulfonamides is 1. The van der Waals surface area contributed by atoms with E-state index in [-0.39, 0.29) is 17.8 Å². The molecule has 1 aromatic carbocycles. The van der Waals surface area contributed by atoms with Crippen LogP contribution in [0, 0.1) is 6.92 Å². The van der Waals surface area contributed by atoms with Crippen LogP contribution < -0.4 is 10.1 Å². The molecule has 2 N–H and O–H groups in total. The summed E-state index contributed by atoms with van der Waals surface area (Å²) < 4.78 is 30.4. The lowest BCUT2D eigenvalue weighted by atomic mass is 10.2. The number of rotatable bonds is 5. The largest absolute Gasteiger partial charge is 0.478 e. The maximum absolute atomic E-state index is 12.6. The Kier molecular flexibility index (Phi) is 5.35. The summed E-state index contributed by atoms with van der Waals surface area (Å²) in [6, 6.07) is 3.81. The van der Waals surface area contributed by atoms with E-state index in [9.17, 15) is 18.0 Å². The first-order chi connectivity index (χ1) is 12.2. The predicted molar refractivity (Wildman–Crippen MR) is 88.5 cm³/mol. The number of carbonyl (C=O) groups excluding carboxylic acids is 1. The van der Waals surface area contributed by atoms with Crippen LogP contribution in [0.3, 0.4) is 0 Å². The Morgan fingerprint density at radius 1 is 1.19 bits per heavy atom. The molecule has 1 aromatic heterocycles. The molecule has 0 saturated carbocycles. The van der Waals surface area contributed by atoms with E-state index >= 15 is 0 Å². The van der Waals surface area contributed by atoms with Gasteiger partial charge in [-0.15, -0.1) is 0 Å². The summed E-state index contributed by atoms with van der Waals surface area (Å²) in [6.07, 6.45) is 0. The molecule has 138 valence electrons. The van der Waals surface area contributed by atoms with Gasteiger partial charge in [-0.1, -0.05) is 12.1 Å². The van der Waals surface area contributed by atoms with E-state index in [0.29, 0.717) is 4.31 Å². The zero-order valence-corrected chi connectivity index (χ0v) is 14.8. The molecule has 0 aliphatic carbocycles. The normalized spacial score (nSPS) is 10.9. The fraction of sp³-hybridized carbons (Fsp3) is 0.214. The van der Waals surface area contributed by atoms with Gasteiger partial charge in [0.25, 0.3) is 10.0 Å². The number of aromatic nitrogens is 3. The molecule has 0 fully saturated rings. The van der Waals surface area contributed by atoms with Gasteiger partial charge in [-0.2, -0.15) is 15.0 Å². The number of ether oxygens (including phenoxy) is 1. The fourth-order valence-electron chi connectivity index (χ4n) is 1.90. The summed E-state index contributed by atoms with van der Waals surface area (Å²) in [5, 5.41) is 11.3. The first-order valence-electron chi connectivity index (χ1n) is 7.05. The molecule has 0 unspecified atom stereocenters. The van der Waals surface area contributed by atoms with Crippen molar-refractivity contribution in [2.75, 3.05) is 19.5 Å². The lowest BCUT2D eigenvalue weighted by Gasteiger charge is -2.18. The van der Waals surface area contributed by atoms with Crippen LogP contribution in [0.25, 0.3) is 0 Å². The van der Waals surface area contributed by atoms with E-state index in [0.717, 1.165) is 19.2 Å². The minimum Gasteiger partial charge on any atom is -0.478 e. The van der Waals surface area contributed by atoms with Gasteiger partial charge < -0.3 is 9.84 Å². The molecule has 2 amide bonds. The zero-order chi connectivity index (χ0) is 19.5. The van der Waals surface area contributed by atoms with Gasteiger partial charge >= 0.3 is 18.0 Å². The van der Waals surface area contributed by atoms with E-state index in [4.69, 9.17) is 9.84 Å². The molecule has 11 nitrogen and oxygen atoms in total. The van der Waals surface area contributed by atoms with Crippen molar-refractivity contribution in [1.82, 2.24) is 19.3 Å². The third-order valence-corrected chi connectivity index (χ3v) is 4.97. The molecular formula is C14H15N5O6S. The molecule has 2 rings (SSSR count). The smallest absolute Gasteiger partial charge is 0.337 e. The maximum Gasteiger partial charge on any atom is 0.337 e. The van der Waals surface area contributed by atoms with Crippen LogP contribution in [0.2, 0.25) is 0 Å².